The maximum Gasteiger partial charge on any atom is 0.408 e. The largest absolute Gasteiger partial charge is 0.458 e. The van der Waals surface area contributed by atoms with Crippen LogP contribution < -0.4 is 43.8 Å². The third-order valence-electron chi connectivity index (χ3n) is 24.6. The highest BCUT2D eigenvalue weighted by atomic mass is 32.2. The molecule has 12 atom stereocenters. The van der Waals surface area contributed by atoms with Crippen molar-refractivity contribution in [3.63, 3.8) is 0 Å². The van der Waals surface area contributed by atoms with Crippen LogP contribution in [0.2, 0.25) is 0 Å². The summed E-state index contributed by atoms with van der Waals surface area (Å²) in [6.07, 6.45) is -0.0528. The standard InChI is InChI=1S/2C37H49F2N3O7S.C34H49F2N3O7S/c1-4-12-31(13-5-2)50(46,47)25-33(41-37(45)49-23-26-14-8-6-9-15-26)36(44)42(34(24-48-3)28-16-10-7-11-17-28)22-35(43)32(40)20-27-18-29(38)21-30(39)19-27;1-4-12-31(13-5-2)50(45,46)25-34(42-37(44)48-23-26-14-8-6-9-15-26)36(43)49-35(32(40)20-27-18-29(38)21-30(39)19-27)22-41-33(24-47-3)28-16-10-7-11-17-28;1-4-8-29(9-5-2)47(42,43)22-31(39-34(41)45-28-12-13-44-21-28)33(40)46-32(20-38-19-24-11-7-10-23(6-3)14-24)30(37)17-25-15-26(35)18-27(36)16-25/h6-11,14-19,21,31-35,43H,4-5,12-13,20,22-25,40H2,1-3H3,(H,41,45);6-11,14-19,21,31-35,41H,4-5,12-13,20,22-25,40H2,1-3H3,(H,42,44);7,10-11,14-16,18,28-32,38H,4-6,8-9,12-13,17,19-22,37H2,1-3H3,(H,39,41)/t32-,33+,34?,35+;32-,33?,34+,35+;28-,30-,31-,32+/m000/s1. The van der Waals surface area contributed by atoms with Crippen LogP contribution in [0.25, 0.3) is 0 Å². The second-order valence-corrected chi connectivity index (χ2v) is 43.6. The van der Waals surface area contributed by atoms with E-state index in [-0.39, 0.29) is 88.1 Å². The molecule has 1 aliphatic rings. The monoisotopic (exact) mass is 2120 g/mol. The van der Waals surface area contributed by atoms with Gasteiger partial charge in [0.15, 0.2) is 29.5 Å². The summed E-state index contributed by atoms with van der Waals surface area (Å²) in [7, 11) is -8.74. The van der Waals surface area contributed by atoms with Crippen molar-refractivity contribution in [1.29, 1.82) is 0 Å². The zero-order valence-corrected chi connectivity index (χ0v) is 87.7. The van der Waals surface area contributed by atoms with Gasteiger partial charge in [-0.1, -0.05) is 233 Å². The number of benzene rings is 8. The second kappa shape index (κ2) is 64.4. The van der Waals surface area contributed by atoms with Gasteiger partial charge < -0.3 is 91.7 Å². The SMILES string of the molecule is CCCC(CCC)S(=O)(=O)C[C@@H](NC(=O)OCc1ccccc1)C(=O)N(C[C@@H](O)[C@@H](N)Cc1cc(F)cc(F)c1)C(COC)c1ccccc1.CCCC(CCC)S(=O)(=O)C[C@@H](NC(=O)OCc1ccccc1)C(=O)O[C@H](CNC(COC)c1ccccc1)[C@@H](N)Cc1cc(F)cc(F)c1.CCCC(CCC)S(=O)(=O)C[C@H](NC(=O)O[C@H]1CCOC1)C(=O)O[C@H](CNCc1cccc(CC)c1)[C@@H](N)Cc1cc(F)cc(F)c1. The van der Waals surface area contributed by atoms with Gasteiger partial charge in [-0.3, -0.25) is 4.79 Å². The molecule has 1 saturated heterocycles. The van der Waals surface area contributed by atoms with E-state index < -0.39 is 207 Å². The van der Waals surface area contributed by atoms with E-state index in [4.69, 9.17) is 55.1 Å². The average molecular weight is 2120 g/mol. The van der Waals surface area contributed by atoms with Gasteiger partial charge in [0.2, 0.25) is 5.91 Å². The molecule has 147 heavy (non-hydrogen) atoms. The lowest BCUT2D eigenvalue weighted by Crippen LogP contribution is -2.56. The summed E-state index contributed by atoms with van der Waals surface area (Å²) in [5.41, 5.74) is 25.0. The van der Waals surface area contributed by atoms with Crippen molar-refractivity contribution < 1.29 is 123 Å². The number of amides is 4. The number of alkyl carbamates (subject to hydrolysis) is 3. The van der Waals surface area contributed by atoms with Crippen LogP contribution in [-0.4, -0.2) is 225 Å². The minimum atomic E-state index is -3.94. The van der Waals surface area contributed by atoms with E-state index in [0.717, 1.165) is 77.7 Å². The predicted molar refractivity (Wildman–Crippen MR) is 551 cm³/mol. The number of nitrogens with zero attached hydrogens (tertiary/aromatic N) is 1. The highest BCUT2D eigenvalue weighted by molar-refractivity contribution is 7.92. The zero-order valence-electron chi connectivity index (χ0n) is 85.2. The highest BCUT2D eigenvalue weighted by Crippen LogP contribution is 2.29. The van der Waals surface area contributed by atoms with Gasteiger partial charge in [-0.2, -0.15) is 0 Å². The van der Waals surface area contributed by atoms with Crippen LogP contribution in [0.3, 0.4) is 0 Å². The molecule has 9 rings (SSSR count). The van der Waals surface area contributed by atoms with Crippen molar-refractivity contribution in [3.8, 4) is 0 Å². The number of aliphatic hydroxyl groups excluding tert-OH is 1. The molecule has 0 saturated carbocycles. The van der Waals surface area contributed by atoms with Crippen LogP contribution in [0, 0.1) is 34.9 Å². The summed E-state index contributed by atoms with van der Waals surface area (Å²) < 4.78 is 210. The number of sulfone groups is 3. The van der Waals surface area contributed by atoms with Crippen molar-refractivity contribution in [2.45, 2.75) is 266 Å². The Hall–Kier alpha value is -11.0. The normalized spacial score (nSPS) is 15.0. The summed E-state index contributed by atoms with van der Waals surface area (Å²) in [6.45, 7) is 13.9. The Morgan fingerprint density at radius 2 is 0.803 bits per heavy atom. The summed E-state index contributed by atoms with van der Waals surface area (Å²) in [6, 6.07) is 43.7. The van der Waals surface area contributed by atoms with Crippen LogP contribution in [0.1, 0.15) is 194 Å². The molecule has 12 N–H and O–H groups in total. The molecule has 1 heterocycles. The number of hydrogen-bond acceptors (Lipinski definition) is 26. The van der Waals surface area contributed by atoms with Crippen molar-refractivity contribution in [3.05, 3.63) is 285 Å². The van der Waals surface area contributed by atoms with Gasteiger partial charge in [-0.25, -0.2) is 75.6 Å². The summed E-state index contributed by atoms with van der Waals surface area (Å²) >= 11 is 0. The molecule has 0 bridgehead atoms. The number of halogens is 6. The van der Waals surface area contributed by atoms with Crippen molar-refractivity contribution in [1.82, 2.24) is 31.5 Å². The first-order valence-corrected chi connectivity index (χ1v) is 55.2. The summed E-state index contributed by atoms with van der Waals surface area (Å²) in [5, 5.41) is 23.0. The number of esters is 2. The van der Waals surface area contributed by atoms with Crippen LogP contribution in [0.15, 0.2) is 200 Å². The molecule has 8 aromatic rings. The number of aliphatic hydroxyl groups is 1. The van der Waals surface area contributed by atoms with Crippen LogP contribution in [0.5, 0.6) is 0 Å². The Balaban J connectivity index is 0.000000299. The molecular weight excluding hydrogens is 1970 g/mol. The first-order valence-electron chi connectivity index (χ1n) is 50.0. The molecule has 0 spiro atoms. The quantitative estimate of drug-likeness (QED) is 0.00971. The third-order valence-corrected chi connectivity index (χ3v) is 31.5. The molecule has 810 valence electrons. The van der Waals surface area contributed by atoms with Gasteiger partial charge in [-0.15, -0.1) is 0 Å². The van der Waals surface area contributed by atoms with Gasteiger partial charge >= 0.3 is 30.2 Å². The molecule has 8 aromatic carbocycles. The Kier molecular flexibility index (Phi) is 53.9. The Morgan fingerprint density at radius 1 is 0.435 bits per heavy atom. The van der Waals surface area contributed by atoms with Crippen molar-refractivity contribution in [2.75, 3.05) is 77.5 Å². The number of carbonyl (C=O) groups excluding carboxylic acids is 6. The van der Waals surface area contributed by atoms with E-state index in [1.165, 1.54) is 19.1 Å². The Bertz CT molecular complexity index is 5590. The number of carbonyl (C=O) groups is 6. The minimum Gasteiger partial charge on any atom is -0.458 e. The van der Waals surface area contributed by atoms with E-state index in [1.807, 2.05) is 109 Å². The molecule has 2 unspecified atom stereocenters. The maximum absolute atomic E-state index is 14.6. The second-order valence-electron chi connectivity index (χ2n) is 36.7. The fourth-order valence-electron chi connectivity index (χ4n) is 17.0. The summed E-state index contributed by atoms with van der Waals surface area (Å²) in [5.74, 6) is -9.75. The molecule has 1 aliphatic heterocycles. The van der Waals surface area contributed by atoms with E-state index in [0.29, 0.717) is 113 Å². The van der Waals surface area contributed by atoms with Gasteiger partial charge in [0.1, 0.15) is 84.6 Å². The van der Waals surface area contributed by atoms with Crippen LogP contribution in [0.4, 0.5) is 40.7 Å². The van der Waals surface area contributed by atoms with Gasteiger partial charge in [0.05, 0.1) is 77.6 Å². The fraction of sp³-hybridized carbons (Fsp3) is 0.500. The molecule has 39 heteroatoms. The molecule has 1 fully saturated rings. The fourth-order valence-corrected chi connectivity index (χ4v) is 23.5. The number of ether oxygens (including phenoxy) is 8. The molecule has 0 aliphatic carbocycles. The van der Waals surface area contributed by atoms with Crippen molar-refractivity contribution in [2.24, 2.45) is 17.2 Å². The van der Waals surface area contributed by atoms with E-state index in [2.05, 4.69) is 26.6 Å². The number of methoxy groups -OCH3 is 2. The van der Waals surface area contributed by atoms with E-state index >= 15 is 0 Å². The smallest absolute Gasteiger partial charge is 0.408 e. The topological polar surface area (TPSA) is 440 Å². The minimum absolute atomic E-state index is 0.0404. The van der Waals surface area contributed by atoms with Crippen LogP contribution in [-0.2, 0) is 127 Å². The lowest BCUT2D eigenvalue weighted by molar-refractivity contribution is -0.152. The number of rotatable bonds is 60. The maximum atomic E-state index is 14.6. The number of hydrogen-bond donors (Lipinski definition) is 9. The number of nitrogens with one attached hydrogen (secondary N) is 5. The van der Waals surface area contributed by atoms with Crippen LogP contribution >= 0.6 is 0 Å². The van der Waals surface area contributed by atoms with Gasteiger partial charge in [-0.05, 0) is 151 Å². The molecule has 0 radical (unpaired) electrons. The predicted octanol–water partition coefficient (Wildman–Crippen LogP) is 14.9. The molecule has 4 amide bonds. The lowest BCUT2D eigenvalue weighted by atomic mass is 9.99. The lowest BCUT2D eigenvalue weighted by Gasteiger charge is -2.37. The first-order chi connectivity index (χ1) is 70.3. The Labute approximate surface area is 861 Å². The van der Waals surface area contributed by atoms with E-state index in [9.17, 15) is 85.5 Å². The Morgan fingerprint density at radius 3 is 1.20 bits per heavy atom. The average Bonchev–Trinajstić information content (AvgIpc) is 0.831. The highest BCUT2D eigenvalue weighted by Gasteiger charge is 2.42. The van der Waals surface area contributed by atoms with Crippen molar-refractivity contribution >= 4 is 65.6 Å². The number of nitrogens with two attached hydrogens (primary N) is 3. The number of aryl methyl sites for hydroxylation is 1. The first kappa shape index (κ1) is 123. The van der Waals surface area contributed by atoms with Gasteiger partial charge in [0, 0.05) is 83.1 Å². The van der Waals surface area contributed by atoms with Gasteiger partial charge in [0.25, 0.3) is 0 Å². The molecule has 30 nitrogen and oxygen atoms in total. The zero-order chi connectivity index (χ0) is 108. The summed E-state index contributed by atoms with van der Waals surface area (Å²) in [4.78, 5) is 82.5. The molecule has 0 aromatic heterocycles. The van der Waals surface area contributed by atoms with E-state index in [1.54, 1.807) is 84.9 Å². The molecular formula is C108H147F6N9O21S3. The third kappa shape index (κ3) is 43.6.